The maximum atomic E-state index is 7.28. The highest BCUT2D eigenvalue weighted by atomic mass is 35.5. The van der Waals surface area contributed by atoms with E-state index in [0.29, 0.717) is 16.7 Å². The lowest BCUT2D eigenvalue weighted by Gasteiger charge is -2.01. The van der Waals surface area contributed by atoms with Crippen molar-refractivity contribution < 1.29 is 1.37 Å². The molecule has 2 rings (SSSR count). The first-order chi connectivity index (χ1) is 6.58. The molecule has 0 saturated carbocycles. The third kappa shape index (κ3) is 1.27. The molecule has 0 radical (unpaired) electrons. The fraction of sp³-hybridized carbons (Fsp3) is 0.143. The maximum absolute atomic E-state index is 7.28. The Morgan fingerprint density at radius 3 is 2.92 bits per heavy atom. The minimum absolute atomic E-state index is 0.100. The Morgan fingerprint density at radius 2 is 2.15 bits per heavy atom. The van der Waals surface area contributed by atoms with Crippen LogP contribution in [0.2, 0.25) is 5.28 Å². The molecular formula is C7H6ClN5. The number of nitrogens with two attached hydrogens (primary N) is 1. The molecular weight excluding hydrogens is 190 g/mol. The first-order valence-corrected chi connectivity index (χ1v) is 3.89. The third-order valence-electron chi connectivity index (χ3n) is 1.61. The fourth-order valence-electron chi connectivity index (χ4n) is 1.03. The van der Waals surface area contributed by atoms with Crippen molar-refractivity contribution in [3.05, 3.63) is 17.3 Å². The van der Waals surface area contributed by atoms with Gasteiger partial charge >= 0.3 is 0 Å². The second kappa shape index (κ2) is 2.77. The van der Waals surface area contributed by atoms with E-state index in [4.69, 9.17) is 18.7 Å². The van der Waals surface area contributed by atoms with Gasteiger partial charge < -0.3 is 5.73 Å². The molecule has 66 valence electrons. The predicted octanol–water partition coefficient (Wildman–Crippen LogP) is 0.964. The Balaban J connectivity index is 2.94. The zero-order valence-corrected chi connectivity index (χ0v) is 7.50. The van der Waals surface area contributed by atoms with Crippen LogP contribution in [0.3, 0.4) is 0 Å². The van der Waals surface area contributed by atoms with Crippen molar-refractivity contribution in [2.75, 3.05) is 5.73 Å². The van der Waals surface area contributed by atoms with Crippen molar-refractivity contribution >= 4 is 28.5 Å². The predicted molar refractivity (Wildman–Crippen MR) is 49.3 cm³/mol. The van der Waals surface area contributed by atoms with Gasteiger partial charge in [0, 0.05) is 0 Å². The van der Waals surface area contributed by atoms with Crippen molar-refractivity contribution in [3.63, 3.8) is 0 Å². The van der Waals surface area contributed by atoms with Crippen LogP contribution in [0.1, 0.15) is 7.06 Å². The van der Waals surface area contributed by atoms with Gasteiger partial charge in [-0.3, -0.25) is 0 Å². The summed E-state index contributed by atoms with van der Waals surface area (Å²) in [6.45, 7) is 1.72. The third-order valence-corrected chi connectivity index (χ3v) is 1.77. The Hall–Kier alpha value is -1.49. The van der Waals surface area contributed by atoms with Gasteiger partial charge in [0.05, 0.1) is 5.69 Å². The number of anilines is 1. The van der Waals surface area contributed by atoms with Crippen molar-refractivity contribution in [3.8, 4) is 0 Å². The molecule has 0 spiro atoms. The minimum atomic E-state index is -0.149. The quantitative estimate of drug-likeness (QED) is 0.635. The van der Waals surface area contributed by atoms with Crippen LogP contribution in [0.5, 0.6) is 0 Å². The number of nitrogen functional groups attached to an aromatic ring is 1. The van der Waals surface area contributed by atoms with E-state index in [0.717, 1.165) is 0 Å². The van der Waals surface area contributed by atoms with Crippen LogP contribution in [0.4, 0.5) is 5.82 Å². The lowest BCUT2D eigenvalue weighted by molar-refractivity contribution is 1.10. The largest absolute Gasteiger partial charge is 0.382 e. The van der Waals surface area contributed by atoms with Gasteiger partial charge in [-0.1, -0.05) is 0 Å². The summed E-state index contributed by atoms with van der Waals surface area (Å²) in [6, 6.07) is 0. The van der Waals surface area contributed by atoms with E-state index in [2.05, 4.69) is 19.9 Å². The molecule has 0 saturated heterocycles. The lowest BCUT2D eigenvalue weighted by atomic mass is 10.3. The maximum Gasteiger partial charge on any atom is 0.223 e. The Kier molecular flexibility index (Phi) is 1.49. The van der Waals surface area contributed by atoms with Crippen LogP contribution in [0.25, 0.3) is 11.0 Å². The van der Waals surface area contributed by atoms with Crippen LogP contribution in [0, 0.1) is 6.92 Å². The molecule has 13 heavy (non-hydrogen) atoms. The highest BCUT2D eigenvalue weighted by Crippen LogP contribution is 2.17. The smallest absolute Gasteiger partial charge is 0.223 e. The molecule has 5 nitrogen and oxygen atoms in total. The number of aryl methyl sites for hydroxylation is 1. The Labute approximate surface area is 80.4 Å². The number of hydrogen-bond donors (Lipinski definition) is 1. The number of fused-ring (bicyclic) bond motifs is 1. The van der Waals surface area contributed by atoms with Crippen LogP contribution in [-0.2, 0) is 0 Å². The van der Waals surface area contributed by atoms with E-state index in [9.17, 15) is 0 Å². The van der Waals surface area contributed by atoms with Gasteiger partial charge in [-0.25, -0.2) is 19.9 Å². The molecule has 0 aliphatic carbocycles. The molecule has 6 heteroatoms. The van der Waals surface area contributed by atoms with E-state index in [1.54, 1.807) is 6.92 Å². The summed E-state index contributed by atoms with van der Waals surface area (Å²) in [5.74, 6) is 0.146. The first-order valence-electron chi connectivity index (χ1n) is 4.02. The average molecular weight is 197 g/mol. The zero-order valence-electron chi connectivity index (χ0n) is 7.74. The molecule has 0 atom stereocenters. The summed E-state index contributed by atoms with van der Waals surface area (Å²) in [5.41, 5.74) is 7.01. The van der Waals surface area contributed by atoms with Gasteiger partial charge in [-0.15, -0.1) is 0 Å². The van der Waals surface area contributed by atoms with Gasteiger partial charge in [0.2, 0.25) is 5.28 Å². The SMILES string of the molecule is [2H]c1nc(N)c2nc(Cl)nc(C)c2n1. The summed E-state index contributed by atoms with van der Waals surface area (Å²) in [7, 11) is 0. The van der Waals surface area contributed by atoms with Gasteiger partial charge in [-0.05, 0) is 18.5 Å². The van der Waals surface area contributed by atoms with E-state index in [1.807, 2.05) is 0 Å². The topological polar surface area (TPSA) is 77.6 Å². The molecule has 2 aromatic heterocycles. The molecule has 0 unspecified atom stereocenters. The zero-order chi connectivity index (χ0) is 10.3. The highest BCUT2D eigenvalue weighted by Gasteiger charge is 2.06. The van der Waals surface area contributed by atoms with Crippen LogP contribution in [-0.4, -0.2) is 19.9 Å². The normalized spacial score (nSPS) is 11.7. The van der Waals surface area contributed by atoms with E-state index in [1.165, 1.54) is 0 Å². The van der Waals surface area contributed by atoms with Gasteiger partial charge in [0.25, 0.3) is 0 Å². The number of nitrogens with zero attached hydrogens (tertiary/aromatic N) is 4. The van der Waals surface area contributed by atoms with Crippen molar-refractivity contribution in [2.45, 2.75) is 6.92 Å². The summed E-state index contributed by atoms with van der Waals surface area (Å²) >= 11 is 5.66. The average Bonchev–Trinajstić information content (AvgIpc) is 2.07. The van der Waals surface area contributed by atoms with Crippen molar-refractivity contribution in [2.24, 2.45) is 0 Å². The lowest BCUT2D eigenvalue weighted by Crippen LogP contribution is -1.99. The fourth-order valence-corrected chi connectivity index (χ4v) is 1.24. The highest BCUT2D eigenvalue weighted by molar-refractivity contribution is 6.28. The summed E-state index contributed by atoms with van der Waals surface area (Å²) in [6.07, 6.45) is -0.149. The monoisotopic (exact) mass is 196 g/mol. The molecule has 0 amide bonds. The van der Waals surface area contributed by atoms with Crippen LogP contribution < -0.4 is 5.73 Å². The standard InChI is InChI=1S/C7H6ClN5/c1-3-4-5(13-7(8)12-3)6(9)11-2-10-4/h2H,1H3,(H2,9,10,11)/i2D. The van der Waals surface area contributed by atoms with Gasteiger partial charge in [0.15, 0.2) is 5.82 Å². The number of hydrogen-bond acceptors (Lipinski definition) is 5. The second-order valence-corrected chi connectivity index (χ2v) is 2.82. The summed E-state index contributed by atoms with van der Waals surface area (Å²) in [5, 5.41) is 0.100. The van der Waals surface area contributed by atoms with E-state index < -0.39 is 0 Å². The van der Waals surface area contributed by atoms with E-state index >= 15 is 0 Å². The van der Waals surface area contributed by atoms with E-state index in [-0.39, 0.29) is 17.4 Å². The molecule has 0 aliphatic heterocycles. The number of aromatic nitrogens is 4. The van der Waals surface area contributed by atoms with Crippen LogP contribution >= 0.6 is 11.6 Å². The second-order valence-electron chi connectivity index (χ2n) is 2.48. The summed E-state index contributed by atoms with van der Waals surface area (Å²) < 4.78 is 7.28. The van der Waals surface area contributed by atoms with Crippen molar-refractivity contribution in [1.29, 1.82) is 0 Å². The van der Waals surface area contributed by atoms with Crippen LogP contribution in [0.15, 0.2) is 6.30 Å². The molecule has 2 aromatic rings. The first kappa shape index (κ1) is 6.97. The molecule has 0 bridgehead atoms. The number of rotatable bonds is 0. The molecule has 2 N–H and O–H groups in total. The summed E-state index contributed by atoms with van der Waals surface area (Å²) in [4.78, 5) is 15.3. The van der Waals surface area contributed by atoms with Crippen molar-refractivity contribution in [1.82, 2.24) is 19.9 Å². The molecule has 0 aromatic carbocycles. The van der Waals surface area contributed by atoms with Gasteiger partial charge in [-0.2, -0.15) is 0 Å². The Bertz CT molecular complexity index is 468. The number of halogens is 1. The molecule has 0 aliphatic rings. The minimum Gasteiger partial charge on any atom is -0.382 e. The molecule has 0 fully saturated rings. The molecule has 2 heterocycles. The Morgan fingerprint density at radius 1 is 1.38 bits per heavy atom. The van der Waals surface area contributed by atoms with Gasteiger partial charge in [0.1, 0.15) is 18.7 Å².